The molecule has 0 atom stereocenters. The Kier molecular flexibility index (Phi) is 6.30. The molecular formula is C24H25ClN10O. The van der Waals surface area contributed by atoms with E-state index in [4.69, 9.17) is 16.9 Å². The third-order valence-electron chi connectivity index (χ3n) is 6.07. The molecule has 12 heteroatoms. The van der Waals surface area contributed by atoms with Gasteiger partial charge in [-0.15, -0.1) is 10.2 Å². The number of nitrogens with zero attached hydrogens (tertiary/aromatic N) is 8. The lowest BCUT2D eigenvalue weighted by molar-refractivity contribution is 0.0729. The van der Waals surface area contributed by atoms with E-state index in [2.05, 4.69) is 40.7 Å². The van der Waals surface area contributed by atoms with Gasteiger partial charge in [-0.2, -0.15) is 10.2 Å². The lowest BCUT2D eigenvalue weighted by Gasteiger charge is -2.33. The van der Waals surface area contributed by atoms with Crippen molar-refractivity contribution in [2.24, 2.45) is 0 Å². The van der Waals surface area contributed by atoms with E-state index < -0.39 is 5.60 Å². The third-order valence-corrected chi connectivity index (χ3v) is 6.34. The average Bonchev–Trinajstić information content (AvgIpc) is 3.31. The second-order valence-electron chi connectivity index (χ2n) is 9.16. The number of imidazole rings is 1. The minimum atomic E-state index is -1.00. The van der Waals surface area contributed by atoms with E-state index in [1.54, 1.807) is 32.3 Å². The van der Waals surface area contributed by atoms with Gasteiger partial charge in [0.1, 0.15) is 22.3 Å². The van der Waals surface area contributed by atoms with Gasteiger partial charge < -0.3 is 25.0 Å². The highest BCUT2D eigenvalue weighted by Gasteiger charge is 2.23. The number of hydrogen-bond acceptors (Lipinski definition) is 10. The molecule has 1 aliphatic heterocycles. The first kappa shape index (κ1) is 23.7. The molecule has 0 amide bonds. The van der Waals surface area contributed by atoms with Crippen LogP contribution in [0.25, 0.3) is 5.65 Å². The van der Waals surface area contributed by atoms with Crippen LogP contribution < -0.4 is 15.5 Å². The second-order valence-corrected chi connectivity index (χ2v) is 9.56. The summed E-state index contributed by atoms with van der Waals surface area (Å²) in [6.45, 7) is 5.04. The van der Waals surface area contributed by atoms with Crippen molar-refractivity contribution < 1.29 is 5.11 Å². The maximum absolute atomic E-state index is 10.3. The number of nitriles is 1. The molecule has 4 aromatic heterocycles. The average molecular weight is 505 g/mol. The van der Waals surface area contributed by atoms with Crippen molar-refractivity contribution in [1.82, 2.24) is 29.5 Å². The first-order valence-corrected chi connectivity index (χ1v) is 11.9. The summed E-state index contributed by atoms with van der Waals surface area (Å²) in [5.41, 5.74) is 1.47. The van der Waals surface area contributed by atoms with E-state index >= 15 is 0 Å². The minimum Gasteiger partial charge on any atom is -0.384 e. The van der Waals surface area contributed by atoms with Crippen LogP contribution in [0, 0.1) is 11.3 Å². The molecule has 0 radical (unpaired) electrons. The van der Waals surface area contributed by atoms with Gasteiger partial charge in [-0.3, -0.25) is 0 Å². The summed E-state index contributed by atoms with van der Waals surface area (Å²) in [4.78, 5) is 15.4. The molecule has 11 nitrogen and oxygen atoms in total. The smallest absolute Gasteiger partial charge is 0.229 e. The van der Waals surface area contributed by atoms with Gasteiger partial charge in [-0.25, -0.2) is 9.97 Å². The van der Waals surface area contributed by atoms with Crippen LogP contribution in [0.4, 0.5) is 23.3 Å². The number of aromatic nitrogens is 6. The van der Waals surface area contributed by atoms with Crippen molar-refractivity contribution >= 4 is 40.5 Å². The van der Waals surface area contributed by atoms with Gasteiger partial charge in [-0.1, -0.05) is 11.6 Å². The number of aliphatic hydroxyl groups is 1. The normalized spacial score (nSPS) is 14.6. The number of halogens is 1. The highest BCUT2D eigenvalue weighted by Crippen LogP contribution is 2.27. The molecule has 0 bridgehead atoms. The number of hydrogen-bond donors (Lipinski definition) is 3. The van der Waals surface area contributed by atoms with E-state index in [0.717, 1.165) is 37.4 Å². The largest absolute Gasteiger partial charge is 0.384 e. The van der Waals surface area contributed by atoms with Crippen LogP contribution in [-0.4, -0.2) is 53.8 Å². The molecule has 36 heavy (non-hydrogen) atoms. The predicted octanol–water partition coefficient (Wildman–Crippen LogP) is 3.49. The third kappa shape index (κ3) is 5.00. The van der Waals surface area contributed by atoms with Crippen LogP contribution in [0.15, 0.2) is 42.9 Å². The minimum absolute atomic E-state index is 0.189. The highest BCUT2D eigenvalue weighted by molar-refractivity contribution is 6.32. The standard InChI is InChI=1S/C24H25ClN10O/c1-24(2,36)19-14-27-21-11-16(7-10-35(19)21)30-23-28-13-18(25)22(31-23)29-15-5-8-34(9-6-15)20-4-3-17(12-26)32-33-20/h3-4,7,10-11,13-15,36H,5-6,8-9H2,1-2H3,(H2,28,29,30,31). The monoisotopic (exact) mass is 504 g/mol. The van der Waals surface area contributed by atoms with Crippen molar-refractivity contribution in [3.05, 3.63) is 59.3 Å². The SMILES string of the molecule is CC(C)(O)c1cnc2cc(Nc3ncc(Cl)c(NC4CCN(c5ccc(C#N)nn5)CC4)n3)ccn12. The van der Waals surface area contributed by atoms with Crippen molar-refractivity contribution in [3.8, 4) is 6.07 Å². The molecule has 5 rings (SSSR count). The summed E-state index contributed by atoms with van der Waals surface area (Å²) in [7, 11) is 0. The fourth-order valence-corrected chi connectivity index (χ4v) is 4.31. The molecule has 0 spiro atoms. The Morgan fingerprint density at radius 3 is 2.64 bits per heavy atom. The van der Waals surface area contributed by atoms with Gasteiger partial charge in [0.25, 0.3) is 0 Å². The lowest BCUT2D eigenvalue weighted by Crippen LogP contribution is -2.39. The van der Waals surface area contributed by atoms with Gasteiger partial charge in [0.2, 0.25) is 5.95 Å². The fourth-order valence-electron chi connectivity index (χ4n) is 4.17. The topological polar surface area (TPSA) is 140 Å². The lowest BCUT2D eigenvalue weighted by atomic mass is 10.1. The molecule has 0 saturated carbocycles. The summed E-state index contributed by atoms with van der Waals surface area (Å²) in [6.07, 6.45) is 6.81. The van der Waals surface area contributed by atoms with E-state index in [0.29, 0.717) is 33.8 Å². The zero-order valence-corrected chi connectivity index (χ0v) is 20.6. The highest BCUT2D eigenvalue weighted by atomic mass is 35.5. The predicted molar refractivity (Wildman–Crippen MR) is 136 cm³/mol. The molecule has 184 valence electrons. The Hall–Kier alpha value is -4.01. The van der Waals surface area contributed by atoms with Crippen molar-refractivity contribution in [2.45, 2.75) is 38.3 Å². The first-order chi connectivity index (χ1) is 17.3. The molecule has 5 heterocycles. The Balaban J connectivity index is 1.24. The van der Waals surface area contributed by atoms with Crippen molar-refractivity contribution in [2.75, 3.05) is 28.6 Å². The number of piperidine rings is 1. The van der Waals surface area contributed by atoms with Crippen LogP contribution in [0.1, 0.15) is 38.1 Å². The van der Waals surface area contributed by atoms with Gasteiger partial charge in [-0.05, 0) is 44.9 Å². The number of rotatable bonds is 6. The zero-order valence-electron chi connectivity index (χ0n) is 19.9. The van der Waals surface area contributed by atoms with Gasteiger partial charge in [0, 0.05) is 37.1 Å². The van der Waals surface area contributed by atoms with Crippen molar-refractivity contribution in [3.63, 3.8) is 0 Å². The number of fused-ring (bicyclic) bond motifs is 1. The van der Waals surface area contributed by atoms with Crippen molar-refractivity contribution in [1.29, 1.82) is 5.26 Å². The van der Waals surface area contributed by atoms with E-state index in [1.165, 1.54) is 0 Å². The Morgan fingerprint density at radius 2 is 1.94 bits per heavy atom. The Bertz CT molecular complexity index is 1420. The summed E-state index contributed by atoms with van der Waals surface area (Å²) >= 11 is 6.39. The van der Waals surface area contributed by atoms with E-state index in [1.807, 2.05) is 34.9 Å². The van der Waals surface area contributed by atoms with Gasteiger partial charge in [0.15, 0.2) is 17.3 Å². The maximum Gasteiger partial charge on any atom is 0.229 e. The molecular weight excluding hydrogens is 480 g/mol. The van der Waals surface area contributed by atoms with Crippen LogP contribution in [-0.2, 0) is 5.60 Å². The number of nitrogens with one attached hydrogen (secondary N) is 2. The van der Waals surface area contributed by atoms with Crippen LogP contribution in [0.2, 0.25) is 5.02 Å². The molecule has 0 unspecified atom stereocenters. The van der Waals surface area contributed by atoms with Gasteiger partial charge >= 0.3 is 0 Å². The summed E-state index contributed by atoms with van der Waals surface area (Å²) in [5, 5.41) is 34.4. The Morgan fingerprint density at radius 1 is 1.14 bits per heavy atom. The van der Waals surface area contributed by atoms with E-state index in [9.17, 15) is 5.11 Å². The number of anilines is 4. The zero-order chi connectivity index (χ0) is 25.3. The molecule has 3 N–H and O–H groups in total. The molecule has 1 fully saturated rings. The summed E-state index contributed by atoms with van der Waals surface area (Å²) < 4.78 is 1.84. The molecule has 4 aromatic rings. The Labute approximate surface area is 212 Å². The second kappa shape index (κ2) is 9.56. The summed E-state index contributed by atoms with van der Waals surface area (Å²) in [6, 6.07) is 9.41. The number of pyridine rings is 1. The maximum atomic E-state index is 10.3. The quantitative estimate of drug-likeness (QED) is 0.357. The van der Waals surface area contributed by atoms with Gasteiger partial charge in [0.05, 0.1) is 18.1 Å². The van der Waals surface area contributed by atoms with Crippen LogP contribution in [0.5, 0.6) is 0 Å². The van der Waals surface area contributed by atoms with Crippen LogP contribution in [0.3, 0.4) is 0 Å². The van der Waals surface area contributed by atoms with Crippen LogP contribution >= 0.6 is 11.6 Å². The fraction of sp³-hybridized carbons (Fsp3) is 0.333. The first-order valence-electron chi connectivity index (χ1n) is 11.5. The summed E-state index contributed by atoms with van der Waals surface area (Å²) in [5.74, 6) is 1.74. The molecule has 1 saturated heterocycles. The van der Waals surface area contributed by atoms with E-state index in [-0.39, 0.29) is 6.04 Å². The molecule has 0 aliphatic carbocycles. The molecule has 0 aromatic carbocycles. The molecule has 1 aliphatic rings.